The van der Waals surface area contributed by atoms with E-state index in [0.29, 0.717) is 11.5 Å². The number of terminal acetylenes is 1. The van der Waals surface area contributed by atoms with E-state index in [0.717, 1.165) is 6.07 Å². The van der Waals surface area contributed by atoms with Crippen LogP contribution in [0.15, 0.2) is 97.1 Å². The molecule has 0 fully saturated rings. The van der Waals surface area contributed by atoms with Crippen LogP contribution in [0.3, 0.4) is 0 Å². The number of rotatable bonds is 11. The van der Waals surface area contributed by atoms with Gasteiger partial charge in [-0.25, -0.2) is 19.3 Å². The molecule has 0 bridgehead atoms. The molecular formula is C33H24O12. The summed E-state index contributed by atoms with van der Waals surface area (Å²) in [4.78, 5) is 45.0. The Morgan fingerprint density at radius 3 is 1.82 bits per heavy atom. The fraction of sp³-hybridized carbons (Fsp3) is 0.0606. The Balaban J connectivity index is 0.000000693. The van der Waals surface area contributed by atoms with Crippen molar-refractivity contribution in [1.29, 1.82) is 0 Å². The van der Waals surface area contributed by atoms with Gasteiger partial charge in [-0.05, 0) is 60.2 Å². The van der Waals surface area contributed by atoms with E-state index in [2.05, 4.69) is 12.2 Å². The van der Waals surface area contributed by atoms with E-state index in [1.165, 1.54) is 30.3 Å². The van der Waals surface area contributed by atoms with Gasteiger partial charge in [0.15, 0.2) is 12.2 Å². The Kier molecular flexibility index (Phi) is 12.8. The monoisotopic (exact) mass is 612 g/mol. The zero-order valence-corrected chi connectivity index (χ0v) is 23.2. The molecule has 228 valence electrons. The predicted molar refractivity (Wildman–Crippen MR) is 156 cm³/mol. The molecule has 0 aromatic heterocycles. The molecule has 0 unspecified atom stereocenters. The minimum absolute atomic E-state index is 0.0549. The third kappa shape index (κ3) is 11.0. The molecule has 0 amide bonds. The molecule has 0 heterocycles. The molecule has 4 aromatic carbocycles. The second-order valence-corrected chi connectivity index (χ2v) is 8.34. The van der Waals surface area contributed by atoms with Crippen LogP contribution >= 0.6 is 0 Å². The minimum atomic E-state index is -1.40. The Hall–Kier alpha value is -6.47. The van der Waals surface area contributed by atoms with Gasteiger partial charge in [-0.2, -0.15) is 4.89 Å². The molecule has 3 N–H and O–H groups in total. The smallest absolute Gasteiger partial charge is 0.341 e. The number of aromatic carboxylic acids is 2. The summed E-state index contributed by atoms with van der Waals surface area (Å²) in [6, 6.07) is 25.1. The van der Waals surface area contributed by atoms with Crippen LogP contribution in [0.1, 0.15) is 36.6 Å². The van der Waals surface area contributed by atoms with Gasteiger partial charge in [-0.1, -0.05) is 48.9 Å². The maximum atomic E-state index is 12.2. The number of carbonyl (C=O) groups excluding carboxylic acids is 1. The van der Waals surface area contributed by atoms with Gasteiger partial charge in [0.1, 0.15) is 35.7 Å². The lowest BCUT2D eigenvalue weighted by Gasteiger charge is -2.10. The minimum Gasteiger partial charge on any atom is -0.508 e. The Bertz CT molecular complexity index is 1700. The summed E-state index contributed by atoms with van der Waals surface area (Å²) in [6.07, 6.45) is 11.6. The van der Waals surface area contributed by atoms with Crippen LogP contribution in [-0.2, 0) is 21.1 Å². The molecule has 12 heteroatoms. The van der Waals surface area contributed by atoms with Crippen LogP contribution in [0.4, 0.5) is 0 Å². The molecule has 4 rings (SSSR count). The van der Waals surface area contributed by atoms with E-state index in [1.54, 1.807) is 48.5 Å². The molecule has 0 aliphatic rings. The zero-order chi connectivity index (χ0) is 32.4. The van der Waals surface area contributed by atoms with Gasteiger partial charge in [0.2, 0.25) is 6.79 Å². The summed E-state index contributed by atoms with van der Waals surface area (Å²) >= 11 is 0. The van der Waals surface area contributed by atoms with Gasteiger partial charge in [0.05, 0.1) is 16.7 Å². The van der Waals surface area contributed by atoms with Crippen molar-refractivity contribution in [3.63, 3.8) is 0 Å². The number of hydrogen-bond acceptors (Lipinski definition) is 10. The third-order valence-corrected chi connectivity index (χ3v) is 5.34. The van der Waals surface area contributed by atoms with E-state index in [4.69, 9.17) is 40.3 Å². The number of benzene rings is 4. The average molecular weight is 613 g/mol. The number of hydrogen-bond donors (Lipinski definition) is 3. The highest BCUT2D eigenvalue weighted by Gasteiger charge is 2.19. The summed E-state index contributed by atoms with van der Waals surface area (Å²) in [7, 11) is 0. The molecule has 0 radical (unpaired) electrons. The highest BCUT2D eigenvalue weighted by Crippen LogP contribution is 2.21. The summed E-state index contributed by atoms with van der Waals surface area (Å²) in [5.41, 5.74) is -0.587. The Morgan fingerprint density at radius 1 is 0.644 bits per heavy atom. The number of carboxylic acid groups (broad SMARTS) is 2. The standard InChI is InChI=1S/C27H18O11.C6H6O/c1-2-33-20-10-11-22(24(15-20)26(30)31)27(32)36-17-38-37-16-18-8-9-21(14-23(18)25(28)29)35-13-12-34-19-6-4-3-5-7-19;7-6-4-2-1-3-5-6/h1,3-11,14-15H,16-17H2,(H,28,29)(H,30,31);1-5,7H. The maximum absolute atomic E-state index is 12.2. The lowest BCUT2D eigenvalue weighted by Crippen LogP contribution is -2.14. The number of phenolic OH excluding ortho intramolecular Hbond substituents is 1. The van der Waals surface area contributed by atoms with Gasteiger partial charge < -0.3 is 34.3 Å². The first-order chi connectivity index (χ1) is 21.8. The van der Waals surface area contributed by atoms with Gasteiger partial charge in [0.25, 0.3) is 0 Å². The quantitative estimate of drug-likeness (QED) is 0.0514. The second kappa shape index (κ2) is 17.5. The number of para-hydroxylation sites is 2. The van der Waals surface area contributed by atoms with Crippen LogP contribution in [0.2, 0.25) is 0 Å². The molecule has 0 aliphatic heterocycles. The highest BCUT2D eigenvalue weighted by atomic mass is 17.2. The van der Waals surface area contributed by atoms with Crippen molar-refractivity contribution >= 4 is 17.9 Å². The van der Waals surface area contributed by atoms with Crippen molar-refractivity contribution in [2.45, 2.75) is 6.61 Å². The van der Waals surface area contributed by atoms with Crippen molar-refractivity contribution in [2.24, 2.45) is 0 Å². The highest BCUT2D eigenvalue weighted by molar-refractivity contribution is 6.02. The molecule has 0 atom stereocenters. The first-order valence-corrected chi connectivity index (χ1v) is 12.7. The van der Waals surface area contributed by atoms with E-state index in [1.807, 2.05) is 18.2 Å². The van der Waals surface area contributed by atoms with Crippen LogP contribution in [-0.4, -0.2) is 40.0 Å². The fourth-order valence-electron chi connectivity index (χ4n) is 3.32. The molecule has 0 aliphatic carbocycles. The summed E-state index contributed by atoms with van der Waals surface area (Å²) < 4.78 is 20.0. The molecular weight excluding hydrogens is 588 g/mol. The third-order valence-electron chi connectivity index (χ3n) is 5.34. The van der Waals surface area contributed by atoms with E-state index < -0.39 is 30.3 Å². The molecule has 4 aromatic rings. The Morgan fingerprint density at radius 2 is 1.22 bits per heavy atom. The van der Waals surface area contributed by atoms with Crippen molar-refractivity contribution in [2.75, 3.05) is 6.79 Å². The average Bonchev–Trinajstić information content (AvgIpc) is 3.04. The maximum Gasteiger partial charge on any atom is 0.341 e. The summed E-state index contributed by atoms with van der Waals surface area (Å²) in [6.45, 7) is -1.03. The van der Waals surface area contributed by atoms with Crippen LogP contribution in [0.25, 0.3) is 0 Å². The fourth-order valence-corrected chi connectivity index (χ4v) is 3.32. The first kappa shape index (κ1) is 33.0. The normalized spacial score (nSPS) is 9.58. The van der Waals surface area contributed by atoms with E-state index >= 15 is 0 Å². The van der Waals surface area contributed by atoms with Crippen LogP contribution < -0.4 is 14.2 Å². The lowest BCUT2D eigenvalue weighted by atomic mass is 10.1. The van der Waals surface area contributed by atoms with Crippen LogP contribution in [0, 0.1) is 24.7 Å². The topological polar surface area (TPSA) is 167 Å². The first-order valence-electron chi connectivity index (χ1n) is 12.7. The molecule has 0 spiro atoms. The van der Waals surface area contributed by atoms with Crippen molar-refractivity contribution < 1.29 is 58.4 Å². The number of aromatic hydroxyl groups is 1. The molecule has 45 heavy (non-hydrogen) atoms. The number of esters is 1. The number of carboxylic acids is 2. The molecule has 0 saturated carbocycles. The second-order valence-electron chi connectivity index (χ2n) is 8.34. The number of ether oxygens (including phenoxy) is 4. The largest absolute Gasteiger partial charge is 0.508 e. The van der Waals surface area contributed by atoms with Gasteiger partial charge in [0, 0.05) is 0 Å². The predicted octanol–water partition coefficient (Wildman–Crippen LogP) is 5.08. The van der Waals surface area contributed by atoms with Crippen molar-refractivity contribution in [1.82, 2.24) is 0 Å². The van der Waals surface area contributed by atoms with Gasteiger partial charge in [-0.3, -0.25) is 0 Å². The van der Waals surface area contributed by atoms with Crippen molar-refractivity contribution in [3.05, 3.63) is 119 Å². The zero-order valence-electron chi connectivity index (χ0n) is 23.2. The Labute approximate surface area is 256 Å². The summed E-state index contributed by atoms with van der Waals surface area (Å²) in [5.74, 6) is -2.63. The lowest BCUT2D eigenvalue weighted by molar-refractivity contribution is -0.335. The van der Waals surface area contributed by atoms with Crippen molar-refractivity contribution in [3.8, 4) is 47.7 Å². The molecule has 12 nitrogen and oxygen atoms in total. The van der Waals surface area contributed by atoms with E-state index in [-0.39, 0.29) is 34.8 Å². The van der Waals surface area contributed by atoms with E-state index in [9.17, 15) is 24.6 Å². The van der Waals surface area contributed by atoms with Gasteiger partial charge in [-0.15, -0.1) is 0 Å². The van der Waals surface area contributed by atoms with Gasteiger partial charge >= 0.3 is 17.9 Å². The molecule has 0 saturated heterocycles. The van der Waals surface area contributed by atoms with Crippen LogP contribution in [0.5, 0.6) is 23.0 Å². The SMILES string of the molecule is C#COc1ccc(C(=O)OCOOCc2ccc(OC#COc3ccccc3)cc2C(=O)O)c(C(=O)O)c1.Oc1ccccc1. The number of phenols is 1. The number of carbonyl (C=O) groups is 3. The summed E-state index contributed by atoms with van der Waals surface area (Å²) in [5, 5.41) is 27.4.